The maximum Gasteiger partial charge on any atom is 0.111 e. The van der Waals surface area contributed by atoms with E-state index >= 15 is 0 Å². The van der Waals surface area contributed by atoms with Gasteiger partial charge in [-0.3, -0.25) is 0 Å². The number of aryl methyl sites for hydroxylation is 1. The second kappa shape index (κ2) is 5.70. The molecule has 2 aromatic rings. The molecule has 0 radical (unpaired) electrons. The third kappa shape index (κ3) is 2.73. The van der Waals surface area contributed by atoms with Crippen molar-refractivity contribution in [3.8, 4) is 0 Å². The summed E-state index contributed by atoms with van der Waals surface area (Å²) in [5, 5.41) is 0.715. The zero-order valence-corrected chi connectivity index (χ0v) is 12.1. The minimum Gasteiger partial charge on any atom is -0.376 e. The number of aromatic nitrogens is 2. The Morgan fingerprint density at radius 1 is 1.42 bits per heavy atom. The minimum atomic E-state index is 0.294. The summed E-state index contributed by atoms with van der Waals surface area (Å²) in [5.41, 5.74) is 2.05. The molecule has 5 heteroatoms. The van der Waals surface area contributed by atoms with Crippen molar-refractivity contribution in [1.82, 2.24) is 9.55 Å². The number of ether oxygens (including phenoxy) is 1. The van der Waals surface area contributed by atoms with E-state index in [0.717, 1.165) is 49.3 Å². The Kier molecular flexibility index (Phi) is 3.96. The van der Waals surface area contributed by atoms with Crippen molar-refractivity contribution in [3.63, 3.8) is 0 Å². The van der Waals surface area contributed by atoms with Gasteiger partial charge in [-0.05, 0) is 31.0 Å². The number of imidazole rings is 1. The van der Waals surface area contributed by atoms with E-state index in [1.165, 1.54) is 0 Å². The van der Waals surface area contributed by atoms with Crippen molar-refractivity contribution < 1.29 is 4.74 Å². The molecule has 0 N–H and O–H groups in total. The van der Waals surface area contributed by atoms with E-state index in [9.17, 15) is 0 Å². The van der Waals surface area contributed by atoms with Gasteiger partial charge in [-0.15, -0.1) is 11.6 Å². The zero-order chi connectivity index (χ0) is 13.2. The monoisotopic (exact) mass is 298 g/mol. The lowest BCUT2D eigenvalue weighted by molar-refractivity contribution is 0.0972. The smallest absolute Gasteiger partial charge is 0.111 e. The number of hydrogen-bond donors (Lipinski definition) is 0. The topological polar surface area (TPSA) is 27.1 Å². The van der Waals surface area contributed by atoms with Crippen LogP contribution < -0.4 is 0 Å². The highest BCUT2D eigenvalue weighted by atomic mass is 35.5. The molecule has 1 aromatic heterocycles. The molecule has 0 aliphatic carbocycles. The van der Waals surface area contributed by atoms with Crippen molar-refractivity contribution in [2.24, 2.45) is 0 Å². The molecule has 1 atom stereocenters. The number of halogens is 2. The van der Waals surface area contributed by atoms with Crippen LogP contribution in [0.15, 0.2) is 18.2 Å². The second-order valence-corrected chi connectivity index (χ2v) is 5.66. The fourth-order valence-corrected chi connectivity index (χ4v) is 2.96. The highest BCUT2D eigenvalue weighted by Gasteiger charge is 2.19. The summed E-state index contributed by atoms with van der Waals surface area (Å²) in [6, 6.07) is 5.83. The van der Waals surface area contributed by atoms with Gasteiger partial charge in [0.05, 0.1) is 23.7 Å². The van der Waals surface area contributed by atoms with Gasteiger partial charge in [0.2, 0.25) is 0 Å². The Morgan fingerprint density at radius 2 is 2.32 bits per heavy atom. The molecule has 1 aliphatic rings. The van der Waals surface area contributed by atoms with E-state index < -0.39 is 0 Å². The van der Waals surface area contributed by atoms with E-state index in [1.54, 1.807) is 0 Å². The number of hydrogen-bond acceptors (Lipinski definition) is 2. The van der Waals surface area contributed by atoms with Gasteiger partial charge < -0.3 is 9.30 Å². The summed E-state index contributed by atoms with van der Waals surface area (Å²) in [4.78, 5) is 4.64. The first-order valence-corrected chi connectivity index (χ1v) is 7.51. The Labute approximate surface area is 122 Å². The fourth-order valence-electron chi connectivity index (χ4n) is 2.62. The zero-order valence-electron chi connectivity index (χ0n) is 10.6. The quantitative estimate of drug-likeness (QED) is 0.806. The maximum absolute atomic E-state index is 6.03. The van der Waals surface area contributed by atoms with Gasteiger partial charge in [-0.25, -0.2) is 4.98 Å². The van der Waals surface area contributed by atoms with Crippen LogP contribution in [0.3, 0.4) is 0 Å². The third-order valence-corrected chi connectivity index (χ3v) is 3.94. The number of rotatable bonds is 4. The molecule has 102 valence electrons. The summed E-state index contributed by atoms with van der Waals surface area (Å²) in [6.45, 7) is 1.72. The van der Waals surface area contributed by atoms with Crippen LogP contribution in [0.25, 0.3) is 11.0 Å². The summed E-state index contributed by atoms with van der Waals surface area (Å²) in [6.07, 6.45) is 3.32. The summed E-state index contributed by atoms with van der Waals surface area (Å²) >= 11 is 11.9. The average molecular weight is 299 g/mol. The molecule has 0 spiro atoms. The van der Waals surface area contributed by atoms with E-state index in [1.807, 2.05) is 18.2 Å². The Balaban J connectivity index is 2.00. The van der Waals surface area contributed by atoms with Crippen LogP contribution in [0.5, 0.6) is 0 Å². The van der Waals surface area contributed by atoms with Crippen LogP contribution in [0.2, 0.25) is 5.02 Å². The maximum atomic E-state index is 6.03. The molecular weight excluding hydrogens is 283 g/mol. The normalized spacial score (nSPS) is 19.4. The minimum absolute atomic E-state index is 0.294. The van der Waals surface area contributed by atoms with Crippen molar-refractivity contribution in [3.05, 3.63) is 29.0 Å². The van der Waals surface area contributed by atoms with Crippen molar-refractivity contribution in [1.29, 1.82) is 0 Å². The SMILES string of the molecule is ClCCc1nc2cc(Cl)ccc2n1CC1CCCO1. The van der Waals surface area contributed by atoms with Gasteiger partial charge in [-0.1, -0.05) is 11.6 Å². The lowest BCUT2D eigenvalue weighted by Gasteiger charge is -2.13. The van der Waals surface area contributed by atoms with Crippen LogP contribution in [0.4, 0.5) is 0 Å². The second-order valence-electron chi connectivity index (χ2n) is 4.85. The molecule has 1 unspecified atom stereocenters. The molecule has 0 bridgehead atoms. The van der Waals surface area contributed by atoms with Gasteiger partial charge >= 0.3 is 0 Å². The number of alkyl halides is 1. The van der Waals surface area contributed by atoms with Gasteiger partial charge in [-0.2, -0.15) is 0 Å². The highest BCUT2D eigenvalue weighted by Crippen LogP contribution is 2.23. The highest BCUT2D eigenvalue weighted by molar-refractivity contribution is 6.31. The molecule has 0 amide bonds. The molecule has 3 nitrogen and oxygen atoms in total. The Bertz CT molecular complexity index is 576. The average Bonchev–Trinajstić information content (AvgIpc) is 2.99. The molecule has 19 heavy (non-hydrogen) atoms. The van der Waals surface area contributed by atoms with E-state index in [0.29, 0.717) is 17.0 Å². The predicted molar refractivity (Wildman–Crippen MR) is 78.1 cm³/mol. The van der Waals surface area contributed by atoms with Gasteiger partial charge in [0, 0.05) is 23.9 Å². The first-order chi connectivity index (χ1) is 9.28. The van der Waals surface area contributed by atoms with Crippen molar-refractivity contribution in [2.45, 2.75) is 31.9 Å². The van der Waals surface area contributed by atoms with Gasteiger partial charge in [0.1, 0.15) is 5.82 Å². The summed E-state index contributed by atoms with van der Waals surface area (Å²) in [7, 11) is 0. The van der Waals surface area contributed by atoms with Crippen LogP contribution in [-0.4, -0.2) is 28.1 Å². The Morgan fingerprint density at radius 3 is 3.05 bits per heavy atom. The van der Waals surface area contributed by atoms with E-state index in [-0.39, 0.29) is 0 Å². The molecule has 1 aliphatic heterocycles. The molecule has 1 saturated heterocycles. The number of nitrogens with zero attached hydrogens (tertiary/aromatic N) is 2. The molecule has 2 heterocycles. The predicted octanol–water partition coefficient (Wildman–Crippen LogP) is 3.65. The molecular formula is C14H16Cl2N2O. The van der Waals surface area contributed by atoms with Crippen LogP contribution >= 0.6 is 23.2 Å². The lowest BCUT2D eigenvalue weighted by Crippen LogP contribution is -2.17. The van der Waals surface area contributed by atoms with E-state index in [2.05, 4.69) is 9.55 Å². The third-order valence-electron chi connectivity index (χ3n) is 3.52. The lowest BCUT2D eigenvalue weighted by atomic mass is 10.2. The molecule has 0 saturated carbocycles. The number of benzene rings is 1. The van der Waals surface area contributed by atoms with Crippen molar-refractivity contribution in [2.75, 3.05) is 12.5 Å². The van der Waals surface area contributed by atoms with Gasteiger partial charge in [0.15, 0.2) is 0 Å². The molecule has 3 rings (SSSR count). The largest absolute Gasteiger partial charge is 0.376 e. The standard InChI is InChI=1S/C14H16Cl2N2O/c15-6-5-14-17-12-8-10(16)3-4-13(12)18(14)9-11-2-1-7-19-11/h3-4,8,11H,1-2,5-7,9H2. The first kappa shape index (κ1) is 13.2. The fraction of sp³-hybridized carbons (Fsp3) is 0.500. The summed E-state index contributed by atoms with van der Waals surface area (Å²) < 4.78 is 7.95. The molecule has 1 aromatic carbocycles. The van der Waals surface area contributed by atoms with E-state index in [4.69, 9.17) is 27.9 Å². The summed E-state index contributed by atoms with van der Waals surface area (Å²) in [5.74, 6) is 1.59. The van der Waals surface area contributed by atoms with Crippen LogP contribution in [-0.2, 0) is 17.7 Å². The molecule has 1 fully saturated rings. The van der Waals surface area contributed by atoms with Crippen LogP contribution in [0.1, 0.15) is 18.7 Å². The number of fused-ring (bicyclic) bond motifs is 1. The van der Waals surface area contributed by atoms with Gasteiger partial charge in [0.25, 0.3) is 0 Å². The van der Waals surface area contributed by atoms with Crippen LogP contribution in [0, 0.1) is 0 Å². The Hall–Kier alpha value is -0.770. The van der Waals surface area contributed by atoms with Crippen molar-refractivity contribution >= 4 is 34.2 Å². The first-order valence-electron chi connectivity index (χ1n) is 6.60.